The smallest absolute Gasteiger partial charge is 0.790 e. The molecule has 0 unspecified atom stereocenters. The van der Waals surface area contributed by atoms with E-state index in [0.717, 1.165) is 51.4 Å². The Morgan fingerprint density at radius 1 is 0.886 bits per heavy atom. The van der Waals surface area contributed by atoms with Crippen molar-refractivity contribution in [3.63, 3.8) is 0 Å². The standard InChI is InChI=1S/C23H46NO8P.2Na/c1-2-3-4-5-6-7-8-10-13-16-23(26)32-22(20-31-33(27,28)29)19-24-17-14-11-9-12-15-18-30-21-25;;/h21-22,24H,2-20H2,1H3,(H2,27,28,29);;/q;2*+1/p-2/t22-;;/m0../s1. The maximum absolute atomic E-state index is 12.1. The first kappa shape index (κ1) is 40.5. The molecular weight excluding hydrogens is 495 g/mol. The predicted octanol–water partition coefficient (Wildman–Crippen LogP) is -2.61. The van der Waals surface area contributed by atoms with Gasteiger partial charge in [-0.2, -0.15) is 0 Å². The Morgan fingerprint density at radius 3 is 2.00 bits per heavy atom. The molecular formula is C23H44NNa2O8P. The fourth-order valence-corrected chi connectivity index (χ4v) is 3.76. The number of hydrogen-bond donors (Lipinski definition) is 1. The van der Waals surface area contributed by atoms with Crippen molar-refractivity contribution in [1.82, 2.24) is 5.32 Å². The minimum atomic E-state index is -5.12. The van der Waals surface area contributed by atoms with E-state index in [1.807, 2.05) is 0 Å². The second-order valence-corrected chi connectivity index (χ2v) is 9.52. The van der Waals surface area contributed by atoms with Crippen molar-refractivity contribution in [1.29, 1.82) is 0 Å². The van der Waals surface area contributed by atoms with Gasteiger partial charge in [-0.1, -0.05) is 77.6 Å². The van der Waals surface area contributed by atoms with E-state index < -0.39 is 26.5 Å². The van der Waals surface area contributed by atoms with Crippen molar-refractivity contribution < 1.29 is 97.1 Å². The van der Waals surface area contributed by atoms with E-state index >= 15 is 0 Å². The van der Waals surface area contributed by atoms with Crippen LogP contribution in [0, 0.1) is 0 Å². The van der Waals surface area contributed by atoms with E-state index in [2.05, 4.69) is 21.5 Å². The van der Waals surface area contributed by atoms with E-state index in [1.165, 1.54) is 38.5 Å². The zero-order valence-electron chi connectivity index (χ0n) is 22.3. The van der Waals surface area contributed by atoms with Crippen LogP contribution >= 0.6 is 7.82 Å². The normalized spacial score (nSPS) is 11.7. The van der Waals surface area contributed by atoms with E-state index in [-0.39, 0.29) is 72.1 Å². The zero-order chi connectivity index (χ0) is 24.6. The van der Waals surface area contributed by atoms with E-state index in [0.29, 0.717) is 19.6 Å². The number of carbonyl (C=O) groups is 2. The topological polar surface area (TPSA) is 137 Å². The third-order valence-electron chi connectivity index (χ3n) is 5.26. The molecule has 0 spiro atoms. The number of nitrogens with one attached hydrogen (secondary N) is 1. The van der Waals surface area contributed by atoms with Crippen molar-refractivity contribution in [2.75, 3.05) is 26.3 Å². The third kappa shape index (κ3) is 33.0. The maximum atomic E-state index is 12.1. The predicted molar refractivity (Wildman–Crippen MR) is 123 cm³/mol. The van der Waals surface area contributed by atoms with Gasteiger partial charge in [0.05, 0.1) is 21.0 Å². The molecule has 0 saturated carbocycles. The summed E-state index contributed by atoms with van der Waals surface area (Å²) in [7, 11) is -5.12. The van der Waals surface area contributed by atoms with Crippen LogP contribution in [0.15, 0.2) is 0 Å². The number of esters is 1. The van der Waals surface area contributed by atoms with Gasteiger partial charge < -0.3 is 33.7 Å². The summed E-state index contributed by atoms with van der Waals surface area (Å²) in [5, 5.41) is 3.12. The van der Waals surface area contributed by atoms with Gasteiger partial charge in [-0.25, -0.2) is 0 Å². The monoisotopic (exact) mass is 539 g/mol. The molecule has 196 valence electrons. The van der Waals surface area contributed by atoms with Gasteiger partial charge in [0.25, 0.3) is 6.47 Å². The maximum Gasteiger partial charge on any atom is 1.00 e. The summed E-state index contributed by atoms with van der Waals surface area (Å²) in [5.41, 5.74) is 0. The molecule has 0 bridgehead atoms. The van der Waals surface area contributed by atoms with Gasteiger partial charge in [0, 0.05) is 13.0 Å². The molecule has 0 rings (SSSR count). The fourth-order valence-electron chi connectivity index (χ4n) is 3.41. The van der Waals surface area contributed by atoms with Crippen molar-refractivity contribution in [2.45, 2.75) is 109 Å². The summed E-state index contributed by atoms with van der Waals surface area (Å²) in [6.45, 7) is 3.51. The number of ether oxygens (including phenoxy) is 2. The van der Waals surface area contributed by atoms with Gasteiger partial charge in [-0.15, -0.1) is 0 Å². The molecule has 1 atom stereocenters. The Bertz CT molecular complexity index is 526. The Kier molecular flexibility index (Phi) is 34.2. The first-order valence-corrected chi connectivity index (χ1v) is 14.0. The summed E-state index contributed by atoms with van der Waals surface area (Å²) in [4.78, 5) is 43.7. The van der Waals surface area contributed by atoms with E-state index in [9.17, 15) is 23.9 Å². The molecule has 0 heterocycles. The Morgan fingerprint density at radius 2 is 1.43 bits per heavy atom. The van der Waals surface area contributed by atoms with Crippen LogP contribution < -0.4 is 74.2 Å². The van der Waals surface area contributed by atoms with E-state index in [1.54, 1.807) is 0 Å². The van der Waals surface area contributed by atoms with Crippen molar-refractivity contribution >= 4 is 20.3 Å². The number of phosphoric acid groups is 1. The first-order chi connectivity index (χ1) is 15.9. The molecule has 0 amide bonds. The van der Waals surface area contributed by atoms with Crippen molar-refractivity contribution in [3.8, 4) is 0 Å². The van der Waals surface area contributed by atoms with Gasteiger partial charge in [0.15, 0.2) is 0 Å². The van der Waals surface area contributed by atoms with Crippen LogP contribution in [0.25, 0.3) is 0 Å². The van der Waals surface area contributed by atoms with Crippen LogP contribution in [0.3, 0.4) is 0 Å². The molecule has 0 aromatic carbocycles. The quantitative estimate of drug-likeness (QED) is 0.0435. The van der Waals surface area contributed by atoms with Gasteiger partial charge in [-0.05, 0) is 25.8 Å². The molecule has 35 heavy (non-hydrogen) atoms. The summed E-state index contributed by atoms with van der Waals surface area (Å²) >= 11 is 0. The van der Waals surface area contributed by atoms with Gasteiger partial charge in [0.2, 0.25) is 0 Å². The number of rotatable bonds is 25. The Balaban J connectivity index is -0.00000512. The van der Waals surface area contributed by atoms with Gasteiger partial charge >= 0.3 is 65.1 Å². The molecule has 0 aliphatic rings. The van der Waals surface area contributed by atoms with Crippen LogP contribution in [0.2, 0.25) is 0 Å². The molecule has 0 aliphatic heterocycles. The van der Waals surface area contributed by atoms with Gasteiger partial charge in [-0.3, -0.25) is 9.59 Å². The summed E-state index contributed by atoms with van der Waals surface area (Å²) in [6.07, 6.45) is 14.4. The second-order valence-electron chi connectivity index (χ2n) is 8.37. The molecule has 12 heteroatoms. The Labute approximate surface area is 256 Å². The SMILES string of the molecule is CCCCCCCCCCCC(=O)O[C@@H](CNCCCCCCCOC=O)COP(=O)([O-])[O-].[Na+].[Na+]. The largest absolute Gasteiger partial charge is 1.00 e. The molecule has 9 nitrogen and oxygen atoms in total. The number of hydrogen-bond acceptors (Lipinski definition) is 9. The summed E-state index contributed by atoms with van der Waals surface area (Å²) in [6, 6.07) is 0. The molecule has 0 aliphatic carbocycles. The van der Waals surface area contributed by atoms with Crippen molar-refractivity contribution in [2.24, 2.45) is 0 Å². The van der Waals surface area contributed by atoms with Crippen LogP contribution in [-0.4, -0.2) is 44.8 Å². The molecule has 0 aromatic rings. The Hall–Kier alpha value is 1.01. The second kappa shape index (κ2) is 29.6. The average Bonchev–Trinajstić information content (AvgIpc) is 2.76. The molecule has 0 saturated heterocycles. The average molecular weight is 540 g/mol. The summed E-state index contributed by atoms with van der Waals surface area (Å²) < 4.78 is 25.1. The molecule has 0 fully saturated rings. The van der Waals surface area contributed by atoms with Gasteiger partial charge in [0.1, 0.15) is 6.10 Å². The van der Waals surface area contributed by atoms with Crippen LogP contribution in [0.4, 0.5) is 0 Å². The van der Waals surface area contributed by atoms with Crippen LogP contribution in [0.1, 0.15) is 103 Å². The van der Waals surface area contributed by atoms with Crippen molar-refractivity contribution in [3.05, 3.63) is 0 Å². The molecule has 0 aromatic heterocycles. The number of unbranched alkanes of at least 4 members (excludes halogenated alkanes) is 12. The third-order valence-corrected chi connectivity index (χ3v) is 5.72. The fraction of sp³-hybridized carbons (Fsp3) is 0.913. The first-order valence-electron chi connectivity index (χ1n) is 12.5. The molecule has 0 radical (unpaired) electrons. The van der Waals surface area contributed by atoms with Crippen LogP contribution in [-0.2, 0) is 28.2 Å². The number of phosphoric ester groups is 1. The number of carbonyl (C=O) groups excluding carboxylic acids is 2. The van der Waals surface area contributed by atoms with Crippen LogP contribution in [0.5, 0.6) is 0 Å². The molecule has 1 N–H and O–H groups in total. The summed E-state index contributed by atoms with van der Waals surface area (Å²) in [5.74, 6) is -0.405. The zero-order valence-corrected chi connectivity index (χ0v) is 27.2. The van der Waals surface area contributed by atoms with E-state index in [4.69, 9.17) is 4.74 Å². The minimum Gasteiger partial charge on any atom is -0.790 e. The minimum absolute atomic E-state index is 0.